The first kappa shape index (κ1) is 32.0. The number of carbonyl (C=O) groups is 1. The lowest BCUT2D eigenvalue weighted by Gasteiger charge is -2.27. The molecule has 43 heavy (non-hydrogen) atoms. The second-order valence-electron chi connectivity index (χ2n) is 9.39. The molecule has 0 aliphatic carbocycles. The molecular formula is C25H21F8N5O4S. The summed E-state index contributed by atoms with van der Waals surface area (Å²) in [6, 6.07) is 1.90. The molecule has 0 saturated carbocycles. The minimum absolute atomic E-state index is 0.0515. The van der Waals surface area contributed by atoms with E-state index < -0.39 is 88.4 Å². The molecule has 4 rings (SSSR count). The van der Waals surface area contributed by atoms with Gasteiger partial charge in [0.1, 0.15) is 23.8 Å². The van der Waals surface area contributed by atoms with Crippen LogP contribution in [0.3, 0.4) is 0 Å². The fraction of sp³-hybridized carbons (Fsp3) is 0.360. The van der Waals surface area contributed by atoms with Crippen LogP contribution in [-0.2, 0) is 27.5 Å². The van der Waals surface area contributed by atoms with Crippen LogP contribution >= 0.6 is 0 Å². The number of aromatic nitrogens is 3. The molecule has 1 amide bonds. The molecule has 1 fully saturated rings. The number of hydrogen-bond donors (Lipinski definition) is 1. The van der Waals surface area contributed by atoms with Crippen molar-refractivity contribution in [1.29, 1.82) is 0 Å². The van der Waals surface area contributed by atoms with E-state index in [-0.39, 0.29) is 16.8 Å². The maximum Gasteiger partial charge on any atom is 0.451 e. The number of nitrogens with one attached hydrogen (secondary N) is 1. The number of carbonyl (C=O) groups excluding carboxylic acids is 1. The number of amides is 1. The summed E-state index contributed by atoms with van der Waals surface area (Å²) >= 11 is 0. The summed E-state index contributed by atoms with van der Waals surface area (Å²) in [4.78, 5) is 23.1. The van der Waals surface area contributed by atoms with Gasteiger partial charge in [-0.15, -0.1) is 0 Å². The van der Waals surface area contributed by atoms with Gasteiger partial charge in [0.15, 0.2) is 6.61 Å². The Labute approximate surface area is 239 Å². The lowest BCUT2D eigenvalue weighted by Crippen LogP contribution is -2.48. The van der Waals surface area contributed by atoms with Gasteiger partial charge in [0.05, 0.1) is 22.8 Å². The average Bonchev–Trinajstić information content (AvgIpc) is 3.24. The monoisotopic (exact) mass is 639 g/mol. The Kier molecular flexibility index (Phi) is 8.92. The third kappa shape index (κ3) is 7.35. The van der Waals surface area contributed by atoms with Gasteiger partial charge in [-0.05, 0) is 37.3 Å². The van der Waals surface area contributed by atoms with Crippen LogP contribution < -0.4 is 10.1 Å². The molecule has 3 atom stereocenters. The van der Waals surface area contributed by atoms with Crippen LogP contribution in [0.2, 0.25) is 0 Å². The van der Waals surface area contributed by atoms with Gasteiger partial charge in [-0.25, -0.2) is 27.2 Å². The Hall–Kier alpha value is -3.93. The molecule has 3 aromatic rings. The Morgan fingerprint density at radius 2 is 1.67 bits per heavy atom. The SMILES string of the molecule is CC1C(F)CC(C(=O)NCc2cc(-c3cnc(C(F)(F)F)nc3)ncc2OCC(F)(F)F)N1S(=O)(=O)c1ccc(F)cc1. The van der Waals surface area contributed by atoms with Crippen molar-refractivity contribution in [3.05, 3.63) is 66.1 Å². The predicted octanol–water partition coefficient (Wildman–Crippen LogP) is 4.44. The minimum atomic E-state index is -4.83. The quantitative estimate of drug-likeness (QED) is 0.363. The molecule has 232 valence electrons. The summed E-state index contributed by atoms with van der Waals surface area (Å²) in [7, 11) is -4.49. The Balaban J connectivity index is 1.60. The number of pyridine rings is 1. The molecular weight excluding hydrogens is 618 g/mol. The van der Waals surface area contributed by atoms with E-state index in [1.54, 1.807) is 0 Å². The second kappa shape index (κ2) is 12.0. The highest BCUT2D eigenvalue weighted by molar-refractivity contribution is 7.89. The standard InChI is InChI=1S/C25H21F8N5O4S/c1-13-18(27)7-20(38(13)43(40,41)17-4-2-16(26)3-5-17)22(39)35-8-14-6-19(34-11-21(14)42-12-24(28,29)30)15-9-36-23(37-10-15)25(31,32)33/h2-6,9-11,13,18,20H,7-8,12H2,1H3,(H,35,39). The molecule has 3 unspecified atom stereocenters. The molecule has 9 nitrogen and oxygen atoms in total. The molecule has 0 spiro atoms. The van der Waals surface area contributed by atoms with E-state index >= 15 is 0 Å². The summed E-state index contributed by atoms with van der Waals surface area (Å²) < 4.78 is 137. The zero-order chi connectivity index (χ0) is 31.7. The van der Waals surface area contributed by atoms with Crippen LogP contribution in [0.15, 0.2) is 53.8 Å². The summed E-state index contributed by atoms with van der Waals surface area (Å²) in [5, 5.41) is 2.35. The lowest BCUT2D eigenvalue weighted by molar-refractivity contribution is -0.153. The van der Waals surface area contributed by atoms with E-state index in [4.69, 9.17) is 4.74 Å². The topological polar surface area (TPSA) is 114 Å². The fourth-order valence-electron chi connectivity index (χ4n) is 4.27. The number of halogens is 8. The number of rotatable bonds is 8. The zero-order valence-electron chi connectivity index (χ0n) is 21.8. The Bertz CT molecular complexity index is 1570. The minimum Gasteiger partial charge on any atom is -0.482 e. The van der Waals surface area contributed by atoms with Crippen molar-refractivity contribution < 1.29 is 53.1 Å². The van der Waals surface area contributed by atoms with Gasteiger partial charge in [0, 0.05) is 36.5 Å². The molecule has 0 bridgehead atoms. The number of hydrogen-bond acceptors (Lipinski definition) is 7. The third-order valence-electron chi connectivity index (χ3n) is 6.37. The number of ether oxygens (including phenoxy) is 1. The van der Waals surface area contributed by atoms with E-state index in [1.165, 1.54) is 6.92 Å². The van der Waals surface area contributed by atoms with Gasteiger partial charge in [-0.2, -0.15) is 30.6 Å². The highest BCUT2D eigenvalue weighted by Gasteiger charge is 2.49. The molecule has 18 heteroatoms. The first-order chi connectivity index (χ1) is 20.0. The summed E-state index contributed by atoms with van der Waals surface area (Å²) in [5.74, 6) is -3.62. The van der Waals surface area contributed by atoms with Crippen LogP contribution in [0.25, 0.3) is 11.3 Å². The van der Waals surface area contributed by atoms with E-state index in [1.807, 2.05) is 0 Å². The smallest absolute Gasteiger partial charge is 0.451 e. The molecule has 0 radical (unpaired) electrons. The summed E-state index contributed by atoms with van der Waals surface area (Å²) in [6.45, 7) is -1.08. The lowest BCUT2D eigenvalue weighted by atomic mass is 10.1. The van der Waals surface area contributed by atoms with Crippen LogP contribution in [0.1, 0.15) is 24.7 Å². The first-order valence-electron chi connectivity index (χ1n) is 12.3. The fourth-order valence-corrected chi connectivity index (χ4v) is 6.08. The molecule has 1 saturated heterocycles. The summed E-state index contributed by atoms with van der Waals surface area (Å²) in [6.07, 6.45) is -9.47. The molecule has 1 aromatic carbocycles. The van der Waals surface area contributed by atoms with Gasteiger partial charge in [0.2, 0.25) is 21.8 Å². The van der Waals surface area contributed by atoms with Gasteiger partial charge in [-0.1, -0.05) is 0 Å². The van der Waals surface area contributed by atoms with Crippen molar-refractivity contribution in [1.82, 2.24) is 24.6 Å². The van der Waals surface area contributed by atoms with Crippen molar-refractivity contribution in [3.63, 3.8) is 0 Å². The van der Waals surface area contributed by atoms with Crippen molar-refractivity contribution in [2.75, 3.05) is 6.61 Å². The predicted molar refractivity (Wildman–Crippen MR) is 132 cm³/mol. The van der Waals surface area contributed by atoms with Crippen molar-refractivity contribution in [2.24, 2.45) is 0 Å². The van der Waals surface area contributed by atoms with Crippen LogP contribution in [-0.4, -0.2) is 64.6 Å². The van der Waals surface area contributed by atoms with E-state index in [9.17, 15) is 48.3 Å². The van der Waals surface area contributed by atoms with Crippen molar-refractivity contribution >= 4 is 15.9 Å². The Morgan fingerprint density at radius 3 is 2.26 bits per heavy atom. The van der Waals surface area contributed by atoms with E-state index in [0.717, 1.165) is 48.9 Å². The number of alkyl halides is 7. The average molecular weight is 640 g/mol. The largest absolute Gasteiger partial charge is 0.482 e. The Morgan fingerprint density at radius 1 is 1.05 bits per heavy atom. The molecule has 3 heterocycles. The first-order valence-corrected chi connectivity index (χ1v) is 13.7. The molecule has 1 aliphatic rings. The molecule has 1 N–H and O–H groups in total. The molecule has 2 aromatic heterocycles. The van der Waals surface area contributed by atoms with Crippen LogP contribution in [0, 0.1) is 5.82 Å². The molecule has 1 aliphatic heterocycles. The van der Waals surface area contributed by atoms with Crippen LogP contribution in [0.4, 0.5) is 35.1 Å². The van der Waals surface area contributed by atoms with Gasteiger partial charge >= 0.3 is 12.4 Å². The summed E-state index contributed by atoms with van der Waals surface area (Å²) in [5.41, 5.74) is -0.265. The highest BCUT2D eigenvalue weighted by atomic mass is 32.2. The van der Waals surface area contributed by atoms with Crippen LogP contribution in [0.5, 0.6) is 5.75 Å². The van der Waals surface area contributed by atoms with Crippen molar-refractivity contribution in [3.8, 4) is 17.0 Å². The van der Waals surface area contributed by atoms with E-state index in [0.29, 0.717) is 4.31 Å². The second-order valence-corrected chi connectivity index (χ2v) is 11.2. The highest BCUT2D eigenvalue weighted by Crippen LogP contribution is 2.34. The zero-order valence-corrected chi connectivity index (χ0v) is 22.6. The normalized spacial score (nSPS) is 19.8. The number of nitrogens with zero attached hydrogens (tertiary/aromatic N) is 4. The van der Waals surface area contributed by atoms with E-state index in [2.05, 4.69) is 20.3 Å². The van der Waals surface area contributed by atoms with Gasteiger partial charge in [-0.3, -0.25) is 9.78 Å². The van der Waals surface area contributed by atoms with Gasteiger partial charge in [0.25, 0.3) is 0 Å². The van der Waals surface area contributed by atoms with Gasteiger partial charge < -0.3 is 10.1 Å². The number of sulfonamides is 1. The maximum absolute atomic E-state index is 14.7. The third-order valence-corrected chi connectivity index (χ3v) is 8.38. The maximum atomic E-state index is 14.7. The number of benzene rings is 1. The van der Waals surface area contributed by atoms with Crippen molar-refractivity contribution in [2.45, 2.75) is 55.4 Å².